The Morgan fingerprint density at radius 3 is 1.04 bits per heavy atom. The van der Waals surface area contributed by atoms with Crippen molar-refractivity contribution in [2.75, 3.05) is 26.4 Å². The van der Waals surface area contributed by atoms with Crippen LogP contribution in [0.1, 0.15) is 303 Å². The Bertz CT molecular complexity index is 1380. The summed E-state index contributed by atoms with van der Waals surface area (Å²) in [7, 11) is -4.75. The number of hydrogen-bond acceptors (Lipinski definition) is 10. The van der Waals surface area contributed by atoms with Crippen LogP contribution in [0.5, 0.6) is 0 Å². The Balaban J connectivity index is 4.71. The molecule has 0 aliphatic rings. The highest BCUT2D eigenvalue weighted by atomic mass is 31.2. The molecule has 0 aromatic heterocycles. The molecule has 0 amide bonds. The van der Waals surface area contributed by atoms with E-state index >= 15 is 0 Å². The molecule has 0 aliphatic heterocycles. The van der Waals surface area contributed by atoms with Gasteiger partial charge in [-0.3, -0.25) is 23.4 Å². The van der Waals surface area contributed by atoms with Crippen LogP contribution in [-0.2, 0) is 42.2 Å². The van der Waals surface area contributed by atoms with Gasteiger partial charge in [-0.25, -0.2) is 4.57 Å². The zero-order valence-corrected chi connectivity index (χ0v) is 49.0. The van der Waals surface area contributed by atoms with E-state index in [1.54, 1.807) is 0 Å². The predicted octanol–water partition coefficient (Wildman–Crippen LogP) is 18.4. The molecule has 0 aromatic carbocycles. The zero-order chi connectivity index (χ0) is 54.1. The average molecular weight is 1070 g/mol. The van der Waals surface area contributed by atoms with E-state index in [4.69, 9.17) is 23.3 Å². The molecule has 3 atom stereocenters. The first kappa shape index (κ1) is 71.7. The van der Waals surface area contributed by atoms with Crippen molar-refractivity contribution in [1.29, 1.82) is 0 Å². The Morgan fingerprint density at radius 2 is 0.662 bits per heavy atom. The lowest BCUT2D eigenvalue weighted by Crippen LogP contribution is -2.30. The summed E-state index contributed by atoms with van der Waals surface area (Å²) in [5.74, 6) is -1.45. The van der Waals surface area contributed by atoms with E-state index in [-0.39, 0.29) is 25.9 Å². The second-order valence-corrected chi connectivity index (χ2v) is 22.3. The first-order chi connectivity index (χ1) is 36.2. The Hall–Kier alpha value is -2.30. The van der Waals surface area contributed by atoms with E-state index < -0.39 is 57.8 Å². The number of rotatable bonds is 58. The van der Waals surface area contributed by atoms with E-state index in [1.807, 2.05) is 0 Å². The molecule has 0 saturated heterocycles. The maximum atomic E-state index is 12.9. The number of ether oxygens (including phenoxy) is 3. The van der Waals surface area contributed by atoms with E-state index in [1.165, 1.54) is 154 Å². The number of unbranched alkanes of at least 4 members (excludes halogenated alkanes) is 35. The number of carbonyl (C=O) groups excluding carboxylic acids is 3. The fourth-order valence-electron chi connectivity index (χ4n) is 8.84. The molecule has 0 spiro atoms. The van der Waals surface area contributed by atoms with Crippen molar-refractivity contribution >= 4 is 25.7 Å². The number of esters is 3. The highest BCUT2D eigenvalue weighted by Gasteiger charge is 2.28. The topological polar surface area (TPSA) is 155 Å². The normalized spacial score (nSPS) is 13.5. The van der Waals surface area contributed by atoms with Crippen LogP contribution in [0.3, 0.4) is 0 Å². The molecule has 2 N–H and O–H groups in total. The van der Waals surface area contributed by atoms with Gasteiger partial charge in [0.2, 0.25) is 0 Å². The fourth-order valence-corrected chi connectivity index (χ4v) is 9.62. The van der Waals surface area contributed by atoms with Gasteiger partial charge in [-0.15, -0.1) is 0 Å². The summed E-state index contributed by atoms with van der Waals surface area (Å²) in [5, 5.41) is 9.82. The van der Waals surface area contributed by atoms with Crippen molar-refractivity contribution in [3.63, 3.8) is 0 Å². The summed E-state index contributed by atoms with van der Waals surface area (Å²) < 4.78 is 39.6. The fraction of sp³-hybridized carbons (Fsp3) is 0.855. The molecule has 3 unspecified atom stereocenters. The molecule has 0 fully saturated rings. The van der Waals surface area contributed by atoms with Crippen molar-refractivity contribution in [2.24, 2.45) is 0 Å². The molecular weight excluding hydrogens is 952 g/mol. The SMILES string of the molecule is CCCCC/C=C\C/C=C\C/C=C\CCCCCCCCC(=O)OC(COC(=O)CCCCCCCCCCCCCCCCC)COP(=O)(O)OCC(CO)OC(=O)CCCCCCCCCCCCCCC. The molecule has 74 heavy (non-hydrogen) atoms. The number of aliphatic hydroxyl groups is 1. The van der Waals surface area contributed by atoms with Crippen LogP contribution in [0, 0.1) is 0 Å². The third-order valence-electron chi connectivity index (χ3n) is 13.6. The summed E-state index contributed by atoms with van der Waals surface area (Å²) in [6.07, 6.45) is 59.5. The van der Waals surface area contributed by atoms with Gasteiger partial charge < -0.3 is 24.2 Å². The number of allylic oxidation sites excluding steroid dienone is 6. The lowest BCUT2D eigenvalue weighted by atomic mass is 10.0. The van der Waals surface area contributed by atoms with E-state index in [2.05, 4.69) is 57.2 Å². The first-order valence-electron chi connectivity index (χ1n) is 30.9. The molecule has 0 aromatic rings. The third kappa shape index (κ3) is 54.5. The third-order valence-corrected chi connectivity index (χ3v) is 14.5. The van der Waals surface area contributed by atoms with Crippen molar-refractivity contribution in [2.45, 2.75) is 315 Å². The molecule has 0 aliphatic carbocycles. The zero-order valence-electron chi connectivity index (χ0n) is 48.1. The summed E-state index contributed by atoms with van der Waals surface area (Å²) in [4.78, 5) is 48.6. The first-order valence-corrected chi connectivity index (χ1v) is 32.4. The summed E-state index contributed by atoms with van der Waals surface area (Å²) in [5.41, 5.74) is 0. The second kappa shape index (κ2) is 56.9. The highest BCUT2D eigenvalue weighted by Crippen LogP contribution is 2.43. The van der Waals surface area contributed by atoms with Crippen molar-refractivity contribution < 1.29 is 52.2 Å². The van der Waals surface area contributed by atoms with Gasteiger partial charge >= 0.3 is 25.7 Å². The summed E-state index contributed by atoms with van der Waals surface area (Å²) in [6.45, 7) is 4.66. The van der Waals surface area contributed by atoms with Crippen LogP contribution >= 0.6 is 7.82 Å². The van der Waals surface area contributed by atoms with Crippen LogP contribution < -0.4 is 0 Å². The molecule has 0 radical (unpaired) electrons. The molecular formula is C62H115O11P. The second-order valence-electron chi connectivity index (χ2n) is 20.9. The highest BCUT2D eigenvalue weighted by molar-refractivity contribution is 7.47. The van der Waals surface area contributed by atoms with Gasteiger partial charge in [-0.1, -0.05) is 263 Å². The molecule has 12 heteroatoms. The quantitative estimate of drug-likeness (QED) is 0.0197. The minimum Gasteiger partial charge on any atom is -0.462 e. The van der Waals surface area contributed by atoms with Gasteiger partial charge in [0.1, 0.15) is 12.7 Å². The Labute approximate surface area is 454 Å². The van der Waals surface area contributed by atoms with Crippen LogP contribution in [0.2, 0.25) is 0 Å². The molecule has 0 rings (SSSR count). The lowest BCUT2D eigenvalue weighted by molar-refractivity contribution is -0.161. The van der Waals surface area contributed by atoms with Crippen molar-refractivity contribution in [3.05, 3.63) is 36.5 Å². The van der Waals surface area contributed by atoms with Crippen LogP contribution in [0.25, 0.3) is 0 Å². The van der Waals surface area contributed by atoms with E-state index in [0.29, 0.717) is 19.3 Å². The van der Waals surface area contributed by atoms with Gasteiger partial charge in [-0.05, 0) is 57.8 Å². The molecule has 0 heterocycles. The Kier molecular flexibility index (Phi) is 55.1. The maximum Gasteiger partial charge on any atom is 0.472 e. The predicted molar refractivity (Wildman–Crippen MR) is 307 cm³/mol. The molecule has 0 saturated carbocycles. The van der Waals surface area contributed by atoms with Crippen molar-refractivity contribution in [3.8, 4) is 0 Å². The monoisotopic (exact) mass is 1070 g/mol. The van der Waals surface area contributed by atoms with Gasteiger partial charge in [0.15, 0.2) is 6.10 Å². The molecule has 434 valence electrons. The van der Waals surface area contributed by atoms with Gasteiger partial charge in [-0.2, -0.15) is 0 Å². The average Bonchev–Trinajstić information content (AvgIpc) is 3.39. The van der Waals surface area contributed by atoms with Crippen molar-refractivity contribution in [1.82, 2.24) is 0 Å². The number of phosphoric ester groups is 1. The number of phosphoric acid groups is 1. The van der Waals surface area contributed by atoms with Crippen LogP contribution in [-0.4, -0.2) is 66.5 Å². The standard InChI is InChI=1S/C62H115O11P/c1-4-7-10-13-16-19-22-25-27-28-29-30-32-35-38-41-44-47-50-53-62(66)73-59(55-69-60(64)51-48-45-42-39-36-34-31-26-23-20-17-14-11-8-5-2)57-71-74(67,68)70-56-58(54-63)72-61(65)52-49-46-43-40-37-33-24-21-18-15-12-9-6-3/h16,19,25,27,29-30,58-59,63H,4-15,17-18,20-24,26,28,31-57H2,1-3H3,(H,67,68)/b19-16-,27-25-,30-29-. The molecule has 0 bridgehead atoms. The van der Waals surface area contributed by atoms with E-state index in [9.17, 15) is 28.9 Å². The van der Waals surface area contributed by atoms with E-state index in [0.717, 1.165) is 89.9 Å². The van der Waals surface area contributed by atoms with Gasteiger partial charge in [0, 0.05) is 19.3 Å². The van der Waals surface area contributed by atoms with Gasteiger partial charge in [0.25, 0.3) is 0 Å². The largest absolute Gasteiger partial charge is 0.472 e. The summed E-state index contributed by atoms with van der Waals surface area (Å²) in [6, 6.07) is 0. The number of hydrogen-bond donors (Lipinski definition) is 2. The maximum absolute atomic E-state index is 12.9. The Morgan fingerprint density at radius 1 is 0.378 bits per heavy atom. The van der Waals surface area contributed by atoms with Crippen LogP contribution in [0.4, 0.5) is 0 Å². The number of carbonyl (C=O) groups is 3. The summed E-state index contributed by atoms with van der Waals surface area (Å²) >= 11 is 0. The van der Waals surface area contributed by atoms with Gasteiger partial charge in [0.05, 0.1) is 19.8 Å². The smallest absolute Gasteiger partial charge is 0.462 e. The van der Waals surface area contributed by atoms with Crippen LogP contribution in [0.15, 0.2) is 36.5 Å². The minimum atomic E-state index is -4.75. The number of aliphatic hydroxyl groups excluding tert-OH is 1. The lowest BCUT2D eigenvalue weighted by Gasteiger charge is -2.21. The molecule has 11 nitrogen and oxygen atoms in total. The minimum absolute atomic E-state index is 0.157.